The summed E-state index contributed by atoms with van der Waals surface area (Å²) in [6.07, 6.45) is 5.43. The fourth-order valence-corrected chi connectivity index (χ4v) is 3.75. The number of aromatic nitrogens is 6. The quantitative estimate of drug-likeness (QED) is 0.433. The molecule has 0 aliphatic heterocycles. The summed E-state index contributed by atoms with van der Waals surface area (Å²) < 4.78 is 16.6. The second-order valence-corrected chi connectivity index (χ2v) is 7.35. The summed E-state index contributed by atoms with van der Waals surface area (Å²) in [7, 11) is 1.91. The van der Waals surface area contributed by atoms with Gasteiger partial charge in [-0.15, -0.1) is 10.2 Å². The van der Waals surface area contributed by atoms with Gasteiger partial charge >= 0.3 is 0 Å². The van der Waals surface area contributed by atoms with Gasteiger partial charge in [-0.3, -0.25) is 0 Å². The van der Waals surface area contributed by atoms with Crippen molar-refractivity contribution in [3.8, 4) is 22.5 Å². The maximum absolute atomic E-state index is 13.9. The van der Waals surface area contributed by atoms with Crippen LogP contribution in [0.4, 0.5) is 10.3 Å². The van der Waals surface area contributed by atoms with Crippen LogP contribution >= 0.6 is 15.9 Å². The van der Waals surface area contributed by atoms with Gasteiger partial charge in [0.1, 0.15) is 22.9 Å². The molecule has 4 aromatic heterocycles. The molecule has 9 heteroatoms. The normalized spacial score (nSPS) is 11.5. The first kappa shape index (κ1) is 16.8. The molecule has 5 rings (SSSR count). The Morgan fingerprint density at radius 2 is 1.96 bits per heavy atom. The van der Waals surface area contributed by atoms with Crippen molar-refractivity contribution >= 4 is 43.8 Å². The highest BCUT2D eigenvalue weighted by molar-refractivity contribution is 9.10. The highest BCUT2D eigenvalue weighted by atomic mass is 79.9. The molecule has 0 spiro atoms. The van der Waals surface area contributed by atoms with Crippen molar-refractivity contribution in [2.24, 2.45) is 7.05 Å². The second kappa shape index (κ2) is 6.10. The number of nitrogens with one attached hydrogen (secondary N) is 1. The summed E-state index contributed by atoms with van der Waals surface area (Å²) in [4.78, 5) is 12.0. The maximum atomic E-state index is 13.9. The van der Waals surface area contributed by atoms with Crippen LogP contribution in [0.1, 0.15) is 0 Å². The smallest absolute Gasteiger partial charge is 0.240 e. The monoisotopic (exact) mass is 437 g/mol. The molecule has 138 valence electrons. The molecule has 0 aliphatic rings. The summed E-state index contributed by atoms with van der Waals surface area (Å²) in [6, 6.07) is 6.52. The molecule has 0 bridgehead atoms. The number of halogens is 2. The first-order valence-electron chi connectivity index (χ1n) is 8.39. The van der Waals surface area contributed by atoms with Gasteiger partial charge in [0.25, 0.3) is 0 Å². The number of nitrogens with two attached hydrogens (primary N) is 1. The zero-order valence-corrected chi connectivity index (χ0v) is 16.2. The number of aryl methyl sites for hydroxylation is 1. The van der Waals surface area contributed by atoms with Crippen molar-refractivity contribution in [1.82, 2.24) is 29.7 Å². The van der Waals surface area contributed by atoms with Gasteiger partial charge in [0.05, 0.1) is 0 Å². The molecule has 0 saturated heterocycles. The molecular formula is C19H13BrFN7. The minimum atomic E-state index is -0.330. The third kappa shape index (κ3) is 2.55. The molecule has 0 unspecified atom stereocenters. The second-order valence-electron chi connectivity index (χ2n) is 6.44. The van der Waals surface area contributed by atoms with Crippen LogP contribution in [-0.2, 0) is 7.05 Å². The molecule has 28 heavy (non-hydrogen) atoms. The van der Waals surface area contributed by atoms with Gasteiger partial charge in [-0.25, -0.2) is 14.4 Å². The number of benzene rings is 1. The van der Waals surface area contributed by atoms with E-state index >= 15 is 0 Å². The van der Waals surface area contributed by atoms with Crippen LogP contribution in [0.25, 0.3) is 44.5 Å². The number of nitrogen functional groups attached to an aromatic ring is 1. The molecule has 0 saturated carbocycles. The van der Waals surface area contributed by atoms with Gasteiger partial charge in [-0.2, -0.15) is 0 Å². The summed E-state index contributed by atoms with van der Waals surface area (Å²) in [5.74, 6) is -0.285. The van der Waals surface area contributed by atoms with Gasteiger partial charge in [-0.1, -0.05) is 0 Å². The zero-order chi connectivity index (χ0) is 19.4. The van der Waals surface area contributed by atoms with Crippen LogP contribution in [0.5, 0.6) is 0 Å². The van der Waals surface area contributed by atoms with Crippen molar-refractivity contribution in [3.63, 3.8) is 0 Å². The Morgan fingerprint density at radius 3 is 2.82 bits per heavy atom. The predicted molar refractivity (Wildman–Crippen MR) is 109 cm³/mol. The average Bonchev–Trinajstić information content (AvgIpc) is 3.22. The highest BCUT2D eigenvalue weighted by Crippen LogP contribution is 2.37. The van der Waals surface area contributed by atoms with E-state index in [1.54, 1.807) is 18.5 Å². The van der Waals surface area contributed by atoms with Gasteiger partial charge in [0.2, 0.25) is 5.95 Å². The minimum absolute atomic E-state index is 0.0454. The van der Waals surface area contributed by atoms with E-state index in [0.717, 1.165) is 26.6 Å². The first-order chi connectivity index (χ1) is 13.5. The third-order valence-corrected chi connectivity index (χ3v) is 5.07. The SMILES string of the molecule is Cn1cc(-c2nnc(N)nc2-c2c[nH]c3ccc(F)cc23)c2cc(Br)cnc21. The van der Waals surface area contributed by atoms with Crippen LogP contribution in [0, 0.1) is 5.82 Å². The van der Waals surface area contributed by atoms with Gasteiger partial charge in [0, 0.05) is 57.5 Å². The summed E-state index contributed by atoms with van der Waals surface area (Å²) in [5.41, 5.74) is 10.0. The summed E-state index contributed by atoms with van der Waals surface area (Å²) in [6.45, 7) is 0. The Bertz CT molecular complexity index is 1370. The highest BCUT2D eigenvalue weighted by Gasteiger charge is 2.20. The number of nitrogens with zero attached hydrogens (tertiary/aromatic N) is 5. The predicted octanol–water partition coefficient (Wildman–Crippen LogP) is 4.06. The van der Waals surface area contributed by atoms with Crippen LogP contribution < -0.4 is 5.73 Å². The molecule has 0 atom stereocenters. The number of hydrogen-bond donors (Lipinski definition) is 2. The van der Waals surface area contributed by atoms with E-state index in [2.05, 4.69) is 41.1 Å². The number of aromatic amines is 1. The van der Waals surface area contributed by atoms with E-state index in [4.69, 9.17) is 5.73 Å². The minimum Gasteiger partial charge on any atom is -0.366 e. The molecule has 0 fully saturated rings. The topological polar surface area (TPSA) is 98.3 Å². The fourth-order valence-electron chi connectivity index (χ4n) is 3.42. The molecule has 3 N–H and O–H groups in total. The van der Waals surface area contributed by atoms with E-state index in [1.807, 2.05) is 23.9 Å². The summed E-state index contributed by atoms with van der Waals surface area (Å²) >= 11 is 3.47. The van der Waals surface area contributed by atoms with E-state index in [0.29, 0.717) is 22.3 Å². The van der Waals surface area contributed by atoms with E-state index in [-0.39, 0.29) is 11.8 Å². The van der Waals surface area contributed by atoms with Crippen molar-refractivity contribution in [3.05, 3.63) is 53.1 Å². The number of rotatable bonds is 2. The lowest BCUT2D eigenvalue weighted by Gasteiger charge is -2.07. The molecule has 0 radical (unpaired) electrons. The number of fused-ring (bicyclic) bond motifs is 2. The van der Waals surface area contributed by atoms with Crippen molar-refractivity contribution < 1.29 is 4.39 Å². The van der Waals surface area contributed by atoms with Crippen LogP contribution in [-0.4, -0.2) is 29.7 Å². The Labute approximate surface area is 166 Å². The fraction of sp³-hybridized carbons (Fsp3) is 0.0526. The van der Waals surface area contributed by atoms with E-state index in [1.165, 1.54) is 12.1 Å². The average molecular weight is 438 g/mol. The molecule has 0 amide bonds. The molecular weight excluding hydrogens is 425 g/mol. The lowest BCUT2D eigenvalue weighted by atomic mass is 10.0. The number of H-pyrrole nitrogens is 1. The van der Waals surface area contributed by atoms with Gasteiger partial charge in [-0.05, 0) is 40.2 Å². The number of anilines is 1. The maximum Gasteiger partial charge on any atom is 0.240 e. The lowest BCUT2D eigenvalue weighted by molar-refractivity contribution is 0.630. The van der Waals surface area contributed by atoms with Crippen molar-refractivity contribution in [2.45, 2.75) is 0 Å². The van der Waals surface area contributed by atoms with Crippen LogP contribution in [0.2, 0.25) is 0 Å². The Balaban J connectivity index is 1.84. The Kier molecular flexibility index (Phi) is 3.66. The van der Waals surface area contributed by atoms with Crippen LogP contribution in [0.3, 0.4) is 0 Å². The zero-order valence-electron chi connectivity index (χ0n) is 14.6. The van der Waals surface area contributed by atoms with Gasteiger partial charge in [0.15, 0.2) is 0 Å². The lowest BCUT2D eigenvalue weighted by Crippen LogP contribution is -2.02. The molecule has 5 aromatic rings. The first-order valence-corrected chi connectivity index (χ1v) is 9.18. The van der Waals surface area contributed by atoms with Crippen molar-refractivity contribution in [2.75, 3.05) is 5.73 Å². The Morgan fingerprint density at radius 1 is 1.11 bits per heavy atom. The molecule has 4 heterocycles. The molecule has 7 nitrogen and oxygen atoms in total. The van der Waals surface area contributed by atoms with Gasteiger partial charge < -0.3 is 15.3 Å². The van der Waals surface area contributed by atoms with Crippen LogP contribution in [0.15, 0.2) is 47.3 Å². The Hall–Kier alpha value is -3.33. The van der Waals surface area contributed by atoms with E-state index < -0.39 is 0 Å². The molecule has 0 aliphatic carbocycles. The summed E-state index contributed by atoms with van der Waals surface area (Å²) in [5, 5.41) is 9.87. The van der Waals surface area contributed by atoms with Crippen molar-refractivity contribution in [1.29, 1.82) is 0 Å². The van der Waals surface area contributed by atoms with E-state index in [9.17, 15) is 4.39 Å². The standard InChI is InChI=1S/C19H13BrFN7/c1-28-8-14(12-4-9(20)6-24-18(12)28)17-16(25-19(22)27-26-17)13-7-23-15-3-2-10(21)5-11(13)15/h2-8,23H,1H3,(H2,22,25,27). The molecule has 1 aromatic carbocycles. The number of hydrogen-bond acceptors (Lipinski definition) is 5. The largest absolute Gasteiger partial charge is 0.366 e. The number of pyridine rings is 1. The third-order valence-electron chi connectivity index (χ3n) is 4.64.